The number of hydrogen-bond acceptors (Lipinski definition) is 3. The van der Waals surface area contributed by atoms with Crippen molar-refractivity contribution in [3.05, 3.63) is 58.7 Å². The number of hydrogen-bond donors (Lipinski definition) is 0. The van der Waals surface area contributed by atoms with Crippen LogP contribution in [-0.4, -0.2) is 22.5 Å². The molecule has 0 saturated carbocycles. The molecule has 0 aliphatic carbocycles. The highest BCUT2D eigenvalue weighted by Crippen LogP contribution is 2.34. The van der Waals surface area contributed by atoms with E-state index in [1.54, 1.807) is 6.20 Å². The van der Waals surface area contributed by atoms with Crippen LogP contribution in [0.5, 0.6) is 5.75 Å². The Labute approximate surface area is 168 Å². The molecule has 4 heteroatoms. The van der Waals surface area contributed by atoms with Gasteiger partial charge in [-0.2, -0.15) is 0 Å². The van der Waals surface area contributed by atoms with E-state index in [0.717, 1.165) is 24.4 Å². The molecule has 1 aromatic carbocycles. The van der Waals surface area contributed by atoms with E-state index in [1.807, 2.05) is 0 Å². The number of pyridine rings is 1. The van der Waals surface area contributed by atoms with Crippen molar-refractivity contribution in [1.29, 1.82) is 0 Å². The molecule has 1 fully saturated rings. The average Bonchev–Trinajstić information content (AvgIpc) is 2.62. The molecule has 0 amide bonds. The van der Waals surface area contributed by atoms with Gasteiger partial charge < -0.3 is 4.74 Å². The van der Waals surface area contributed by atoms with Crippen molar-refractivity contribution < 1.29 is 9.13 Å². The molecule has 1 saturated heterocycles. The number of rotatable bonds is 5. The molecule has 28 heavy (non-hydrogen) atoms. The normalized spacial score (nSPS) is 18.3. The number of benzene rings is 1. The minimum atomic E-state index is -0.331. The second kappa shape index (κ2) is 8.60. The van der Waals surface area contributed by atoms with Crippen LogP contribution in [0.25, 0.3) is 0 Å². The lowest BCUT2D eigenvalue weighted by molar-refractivity contribution is 0.150. The lowest BCUT2D eigenvalue weighted by Gasteiger charge is -2.34. The molecule has 0 unspecified atom stereocenters. The Kier molecular flexibility index (Phi) is 6.39. The number of ether oxygens (including phenoxy) is 1. The van der Waals surface area contributed by atoms with Gasteiger partial charge in [0.05, 0.1) is 6.20 Å². The minimum Gasteiger partial charge on any atom is -0.489 e. The van der Waals surface area contributed by atoms with E-state index in [-0.39, 0.29) is 11.2 Å². The van der Waals surface area contributed by atoms with Crippen LogP contribution in [0.1, 0.15) is 69.2 Å². The first-order valence-electron chi connectivity index (χ1n) is 10.3. The number of halogens is 1. The number of nitrogens with zero attached hydrogens (tertiary/aromatic N) is 2. The largest absolute Gasteiger partial charge is 0.489 e. The van der Waals surface area contributed by atoms with Gasteiger partial charge in [-0.05, 0) is 61.9 Å². The first-order valence-corrected chi connectivity index (χ1v) is 10.3. The zero-order chi connectivity index (χ0) is 20.3. The van der Waals surface area contributed by atoms with Crippen LogP contribution < -0.4 is 4.74 Å². The Morgan fingerprint density at radius 2 is 1.96 bits per heavy atom. The number of piperidine rings is 1. The van der Waals surface area contributed by atoms with Crippen LogP contribution in [0.2, 0.25) is 0 Å². The Morgan fingerprint density at radius 1 is 1.18 bits per heavy atom. The summed E-state index contributed by atoms with van der Waals surface area (Å²) in [5, 5.41) is 0. The Bertz CT molecular complexity index is 813. The summed E-state index contributed by atoms with van der Waals surface area (Å²) in [4.78, 5) is 6.48. The molecular weight excluding hydrogens is 351 g/mol. The molecule has 1 aromatic heterocycles. The molecule has 0 spiro atoms. The maximum absolute atomic E-state index is 13.5. The fourth-order valence-electron chi connectivity index (χ4n) is 4.12. The zero-order valence-corrected chi connectivity index (χ0v) is 17.9. The first kappa shape index (κ1) is 20.8. The monoisotopic (exact) mass is 384 g/mol. The maximum atomic E-state index is 13.5. The molecule has 0 radical (unpaired) electrons. The molecule has 2 heterocycles. The lowest BCUT2D eigenvalue weighted by atomic mass is 9.83. The van der Waals surface area contributed by atoms with Crippen molar-refractivity contribution in [3.8, 4) is 5.75 Å². The molecule has 152 valence electrons. The van der Waals surface area contributed by atoms with Crippen molar-refractivity contribution in [2.24, 2.45) is 0 Å². The molecule has 1 aliphatic rings. The van der Waals surface area contributed by atoms with Gasteiger partial charge in [0.15, 0.2) is 0 Å². The highest BCUT2D eigenvalue weighted by molar-refractivity contribution is 5.45. The average molecular weight is 385 g/mol. The topological polar surface area (TPSA) is 25.4 Å². The van der Waals surface area contributed by atoms with Crippen molar-refractivity contribution in [3.63, 3.8) is 0 Å². The van der Waals surface area contributed by atoms with Crippen LogP contribution in [0, 0.1) is 12.7 Å². The molecule has 0 bridgehead atoms. The maximum Gasteiger partial charge on any atom is 0.141 e. The summed E-state index contributed by atoms with van der Waals surface area (Å²) in [6.07, 6.45) is 6.71. The van der Waals surface area contributed by atoms with E-state index < -0.39 is 0 Å². The van der Waals surface area contributed by atoms with Crippen LogP contribution >= 0.6 is 0 Å². The second-order valence-electron chi connectivity index (χ2n) is 9.14. The van der Waals surface area contributed by atoms with Crippen molar-refractivity contribution in [2.45, 2.75) is 78.5 Å². The van der Waals surface area contributed by atoms with Crippen molar-refractivity contribution in [1.82, 2.24) is 9.88 Å². The third-order valence-electron chi connectivity index (χ3n) is 5.69. The molecule has 3 rings (SSSR count). The van der Waals surface area contributed by atoms with E-state index >= 15 is 0 Å². The van der Waals surface area contributed by atoms with Gasteiger partial charge in [0.25, 0.3) is 0 Å². The third-order valence-corrected chi connectivity index (χ3v) is 5.69. The molecule has 2 aromatic rings. The van der Waals surface area contributed by atoms with Gasteiger partial charge in [-0.1, -0.05) is 33.3 Å². The summed E-state index contributed by atoms with van der Waals surface area (Å²) in [6.45, 7) is 13.5. The van der Waals surface area contributed by atoms with E-state index in [4.69, 9.17) is 4.74 Å². The van der Waals surface area contributed by atoms with E-state index in [2.05, 4.69) is 56.6 Å². The predicted molar refractivity (Wildman–Crippen MR) is 112 cm³/mol. The Morgan fingerprint density at radius 3 is 2.64 bits per heavy atom. The molecular formula is C24H33FN2O. The van der Waals surface area contributed by atoms with Crippen LogP contribution in [0.3, 0.4) is 0 Å². The summed E-state index contributed by atoms with van der Waals surface area (Å²) in [6, 6.07) is 6.54. The number of aryl methyl sites for hydroxylation is 1. The fourth-order valence-corrected chi connectivity index (χ4v) is 4.12. The van der Waals surface area contributed by atoms with Gasteiger partial charge in [-0.15, -0.1) is 0 Å². The van der Waals surface area contributed by atoms with Crippen LogP contribution in [-0.2, 0) is 18.6 Å². The Balaban J connectivity index is 1.89. The van der Waals surface area contributed by atoms with Gasteiger partial charge in [0.1, 0.15) is 18.2 Å². The highest BCUT2D eigenvalue weighted by atomic mass is 19.1. The van der Waals surface area contributed by atoms with E-state index in [1.165, 1.54) is 48.2 Å². The standard InChI is InChI=1S/C24H33FN2O/c1-17-10-20(15-27-9-7-6-8-18(27)2)23(12-22(17)24(3,4)5)28-16-19-11-21(25)14-26-13-19/h10-14,18H,6-9,15-16H2,1-5H3/t18-/m1/s1. The number of likely N-dealkylation sites (tertiary alicyclic amines) is 1. The van der Waals surface area contributed by atoms with Crippen molar-refractivity contribution in [2.75, 3.05) is 6.54 Å². The lowest BCUT2D eigenvalue weighted by Crippen LogP contribution is -2.36. The quantitative estimate of drug-likeness (QED) is 0.653. The van der Waals surface area contributed by atoms with Crippen molar-refractivity contribution >= 4 is 0 Å². The van der Waals surface area contributed by atoms with E-state index in [9.17, 15) is 4.39 Å². The summed E-state index contributed by atoms with van der Waals surface area (Å²) < 4.78 is 19.7. The molecule has 1 atom stereocenters. The molecule has 0 N–H and O–H groups in total. The summed E-state index contributed by atoms with van der Waals surface area (Å²) in [7, 11) is 0. The highest BCUT2D eigenvalue weighted by Gasteiger charge is 2.23. The summed E-state index contributed by atoms with van der Waals surface area (Å²) >= 11 is 0. The first-order chi connectivity index (χ1) is 13.2. The second-order valence-corrected chi connectivity index (χ2v) is 9.14. The summed E-state index contributed by atoms with van der Waals surface area (Å²) in [5.41, 5.74) is 4.58. The predicted octanol–water partition coefficient (Wildman–Crippen LogP) is 5.78. The minimum absolute atomic E-state index is 0.0412. The van der Waals surface area contributed by atoms with E-state index in [0.29, 0.717) is 12.6 Å². The van der Waals surface area contributed by atoms with Crippen LogP contribution in [0.4, 0.5) is 4.39 Å². The van der Waals surface area contributed by atoms with Gasteiger partial charge in [0, 0.05) is 29.9 Å². The SMILES string of the molecule is Cc1cc(CN2CCCC[C@H]2C)c(OCc2cncc(F)c2)cc1C(C)(C)C. The Hall–Kier alpha value is -1.94. The van der Waals surface area contributed by atoms with Crippen LogP contribution in [0.15, 0.2) is 30.6 Å². The smallest absolute Gasteiger partial charge is 0.141 e. The fraction of sp³-hybridized carbons (Fsp3) is 0.542. The van der Waals surface area contributed by atoms with Gasteiger partial charge in [-0.3, -0.25) is 9.88 Å². The third kappa shape index (κ3) is 5.11. The van der Waals surface area contributed by atoms with Gasteiger partial charge in [-0.25, -0.2) is 4.39 Å². The zero-order valence-electron chi connectivity index (χ0n) is 17.9. The number of aromatic nitrogens is 1. The summed E-state index contributed by atoms with van der Waals surface area (Å²) in [5.74, 6) is 0.570. The molecule has 3 nitrogen and oxygen atoms in total. The molecule has 1 aliphatic heterocycles. The van der Waals surface area contributed by atoms with Gasteiger partial charge >= 0.3 is 0 Å². The van der Waals surface area contributed by atoms with Gasteiger partial charge in [0.2, 0.25) is 0 Å².